The highest BCUT2D eigenvalue weighted by atomic mass is 16.6. The van der Waals surface area contributed by atoms with Crippen molar-refractivity contribution in [1.82, 2.24) is 15.6 Å². The van der Waals surface area contributed by atoms with Gasteiger partial charge in [-0.1, -0.05) is 0 Å². The van der Waals surface area contributed by atoms with Gasteiger partial charge in [-0.2, -0.15) is 0 Å². The van der Waals surface area contributed by atoms with Crippen molar-refractivity contribution in [3.63, 3.8) is 0 Å². The van der Waals surface area contributed by atoms with E-state index in [1.165, 1.54) is 0 Å². The van der Waals surface area contributed by atoms with E-state index in [9.17, 15) is 9.59 Å². The van der Waals surface area contributed by atoms with Gasteiger partial charge in [0, 0.05) is 35.9 Å². The van der Waals surface area contributed by atoms with Crippen LogP contribution in [0.15, 0.2) is 24.4 Å². The number of alkyl carbamates (subject to hydrolysis) is 1. The molecule has 0 spiro atoms. The maximum absolute atomic E-state index is 12.2. The average molecular weight is 318 g/mol. The third-order valence-electron chi connectivity index (χ3n) is 3.03. The van der Waals surface area contributed by atoms with E-state index in [0.29, 0.717) is 17.8 Å². The molecule has 5 N–H and O–H groups in total. The molecule has 0 bridgehead atoms. The van der Waals surface area contributed by atoms with Crippen LogP contribution in [0, 0.1) is 0 Å². The van der Waals surface area contributed by atoms with Gasteiger partial charge in [0.15, 0.2) is 0 Å². The lowest BCUT2D eigenvalue weighted by Gasteiger charge is -2.19. The molecule has 0 fully saturated rings. The first-order valence-electron chi connectivity index (χ1n) is 7.38. The molecule has 0 aliphatic carbocycles. The number of rotatable bonds is 4. The zero-order valence-corrected chi connectivity index (χ0v) is 13.5. The minimum Gasteiger partial charge on any atom is -0.444 e. The molecule has 1 aromatic carbocycles. The van der Waals surface area contributed by atoms with Gasteiger partial charge in [-0.15, -0.1) is 0 Å². The Hall–Kier alpha value is -2.70. The molecule has 0 unspecified atom stereocenters. The molecule has 1 heterocycles. The number of carbonyl (C=O) groups is 2. The van der Waals surface area contributed by atoms with Gasteiger partial charge in [-0.25, -0.2) is 4.79 Å². The Morgan fingerprint density at radius 1 is 1.22 bits per heavy atom. The van der Waals surface area contributed by atoms with Crippen LogP contribution in [0.25, 0.3) is 10.9 Å². The summed E-state index contributed by atoms with van der Waals surface area (Å²) in [7, 11) is 0. The maximum Gasteiger partial charge on any atom is 0.407 e. The SMILES string of the molecule is CC(C)(C)OC(=O)NCCNC(=O)c1c[nH]c2cc(N)ccc12. The molecular formula is C16H22N4O3. The number of ether oxygens (including phenoxy) is 1. The number of aromatic amines is 1. The molecule has 0 saturated carbocycles. The first kappa shape index (κ1) is 16.7. The topological polar surface area (TPSA) is 109 Å². The predicted molar refractivity (Wildman–Crippen MR) is 89.3 cm³/mol. The van der Waals surface area contributed by atoms with Crippen LogP contribution in [0.1, 0.15) is 31.1 Å². The van der Waals surface area contributed by atoms with Crippen LogP contribution in [0.5, 0.6) is 0 Å². The second-order valence-corrected chi connectivity index (χ2v) is 6.19. The summed E-state index contributed by atoms with van der Waals surface area (Å²) in [5.41, 5.74) is 7.14. The smallest absolute Gasteiger partial charge is 0.407 e. The Morgan fingerprint density at radius 2 is 1.91 bits per heavy atom. The lowest BCUT2D eigenvalue weighted by atomic mass is 10.1. The van der Waals surface area contributed by atoms with E-state index in [1.807, 2.05) is 0 Å². The fraction of sp³-hybridized carbons (Fsp3) is 0.375. The van der Waals surface area contributed by atoms with Crippen LogP contribution in [0.4, 0.5) is 10.5 Å². The summed E-state index contributed by atoms with van der Waals surface area (Å²) in [6.45, 7) is 5.96. The lowest BCUT2D eigenvalue weighted by Crippen LogP contribution is -2.37. The van der Waals surface area contributed by atoms with Crippen LogP contribution in [0.2, 0.25) is 0 Å². The minimum absolute atomic E-state index is 0.216. The molecule has 7 nitrogen and oxygen atoms in total. The highest BCUT2D eigenvalue weighted by Gasteiger charge is 2.16. The average Bonchev–Trinajstić information content (AvgIpc) is 2.84. The number of nitrogens with one attached hydrogen (secondary N) is 3. The monoisotopic (exact) mass is 318 g/mol. The van der Waals surface area contributed by atoms with Gasteiger partial charge in [-0.05, 0) is 39.0 Å². The van der Waals surface area contributed by atoms with Crippen molar-refractivity contribution >= 4 is 28.6 Å². The number of amides is 2. The van der Waals surface area contributed by atoms with Crippen LogP contribution >= 0.6 is 0 Å². The number of nitrogens with two attached hydrogens (primary N) is 1. The number of benzene rings is 1. The molecule has 7 heteroatoms. The van der Waals surface area contributed by atoms with E-state index in [-0.39, 0.29) is 12.5 Å². The molecule has 124 valence electrons. The molecule has 2 aromatic rings. The Bertz CT molecular complexity index is 716. The fourth-order valence-corrected chi connectivity index (χ4v) is 2.08. The van der Waals surface area contributed by atoms with Crippen LogP contribution in [0.3, 0.4) is 0 Å². The zero-order chi connectivity index (χ0) is 17.0. The molecular weight excluding hydrogens is 296 g/mol. The first-order valence-corrected chi connectivity index (χ1v) is 7.38. The number of aromatic nitrogens is 1. The predicted octanol–water partition coefficient (Wildman–Crippen LogP) is 2.00. The van der Waals surface area contributed by atoms with Crippen molar-refractivity contribution in [3.05, 3.63) is 30.0 Å². The molecule has 23 heavy (non-hydrogen) atoms. The number of hydrogen-bond acceptors (Lipinski definition) is 4. The normalized spacial score (nSPS) is 11.3. The van der Waals surface area contributed by atoms with Gasteiger partial charge in [0.2, 0.25) is 0 Å². The van der Waals surface area contributed by atoms with Gasteiger partial charge in [-0.3, -0.25) is 4.79 Å². The largest absolute Gasteiger partial charge is 0.444 e. The highest BCUT2D eigenvalue weighted by Crippen LogP contribution is 2.20. The van der Waals surface area contributed by atoms with E-state index in [0.717, 1.165) is 10.9 Å². The molecule has 0 saturated heterocycles. The lowest BCUT2D eigenvalue weighted by molar-refractivity contribution is 0.0526. The van der Waals surface area contributed by atoms with E-state index < -0.39 is 11.7 Å². The van der Waals surface area contributed by atoms with Gasteiger partial charge in [0.25, 0.3) is 5.91 Å². The number of nitrogen functional groups attached to an aromatic ring is 1. The van der Waals surface area contributed by atoms with Crippen molar-refractivity contribution < 1.29 is 14.3 Å². The highest BCUT2D eigenvalue weighted by molar-refractivity contribution is 6.07. The summed E-state index contributed by atoms with van der Waals surface area (Å²) in [5, 5.41) is 6.14. The maximum atomic E-state index is 12.2. The van der Waals surface area contributed by atoms with Crippen molar-refractivity contribution in [3.8, 4) is 0 Å². The molecule has 2 amide bonds. The van der Waals surface area contributed by atoms with E-state index in [4.69, 9.17) is 10.5 Å². The van der Waals surface area contributed by atoms with E-state index in [1.54, 1.807) is 45.2 Å². The molecule has 0 atom stereocenters. The third-order valence-corrected chi connectivity index (χ3v) is 3.03. The van der Waals surface area contributed by atoms with Crippen molar-refractivity contribution in [2.45, 2.75) is 26.4 Å². The van der Waals surface area contributed by atoms with E-state index in [2.05, 4.69) is 15.6 Å². The zero-order valence-electron chi connectivity index (χ0n) is 13.5. The Balaban J connectivity index is 1.84. The van der Waals surface area contributed by atoms with Crippen LogP contribution < -0.4 is 16.4 Å². The fourth-order valence-electron chi connectivity index (χ4n) is 2.08. The second kappa shape index (κ2) is 6.60. The van der Waals surface area contributed by atoms with Crippen molar-refractivity contribution in [2.24, 2.45) is 0 Å². The summed E-state index contributed by atoms with van der Waals surface area (Å²) in [5.74, 6) is -0.216. The Labute approximate surface area is 134 Å². The van der Waals surface area contributed by atoms with Gasteiger partial charge in [0.05, 0.1) is 5.56 Å². The van der Waals surface area contributed by atoms with Crippen molar-refractivity contribution in [1.29, 1.82) is 0 Å². The number of H-pyrrole nitrogens is 1. The van der Waals surface area contributed by atoms with Gasteiger partial charge >= 0.3 is 6.09 Å². The molecule has 0 radical (unpaired) electrons. The number of carbonyl (C=O) groups excluding carboxylic acids is 2. The van der Waals surface area contributed by atoms with Gasteiger partial charge < -0.3 is 26.1 Å². The van der Waals surface area contributed by atoms with Crippen molar-refractivity contribution in [2.75, 3.05) is 18.8 Å². The van der Waals surface area contributed by atoms with Crippen LogP contribution in [-0.2, 0) is 4.74 Å². The number of hydrogen-bond donors (Lipinski definition) is 4. The summed E-state index contributed by atoms with van der Waals surface area (Å²) in [6, 6.07) is 5.32. The summed E-state index contributed by atoms with van der Waals surface area (Å²) in [6.07, 6.45) is 1.13. The molecule has 1 aromatic heterocycles. The number of anilines is 1. The Kier molecular flexibility index (Phi) is 4.78. The second-order valence-electron chi connectivity index (χ2n) is 6.19. The summed E-state index contributed by atoms with van der Waals surface area (Å²) >= 11 is 0. The summed E-state index contributed by atoms with van der Waals surface area (Å²) < 4.78 is 5.11. The van der Waals surface area contributed by atoms with E-state index >= 15 is 0 Å². The van der Waals surface area contributed by atoms with Gasteiger partial charge in [0.1, 0.15) is 5.60 Å². The third kappa shape index (κ3) is 4.64. The minimum atomic E-state index is -0.542. The molecule has 0 aliphatic rings. The standard InChI is InChI=1S/C16H22N4O3/c1-16(2,3)23-15(22)19-7-6-18-14(21)12-9-20-13-8-10(17)4-5-11(12)13/h4-5,8-9,20H,6-7,17H2,1-3H3,(H,18,21)(H,19,22). The molecule has 0 aliphatic heterocycles. The Morgan fingerprint density at radius 3 is 2.61 bits per heavy atom. The molecule has 2 rings (SSSR count). The number of fused-ring (bicyclic) bond motifs is 1. The quantitative estimate of drug-likeness (QED) is 0.510. The van der Waals surface area contributed by atoms with Crippen LogP contribution in [-0.4, -0.2) is 35.7 Å². The first-order chi connectivity index (χ1) is 10.8. The summed E-state index contributed by atoms with van der Waals surface area (Å²) in [4.78, 5) is 26.7.